The molecule has 1 fully saturated rings. The van der Waals surface area contributed by atoms with E-state index >= 15 is 0 Å². The molecule has 3 nitrogen and oxygen atoms in total. The van der Waals surface area contributed by atoms with E-state index in [4.69, 9.17) is 0 Å². The van der Waals surface area contributed by atoms with Crippen LogP contribution >= 0.6 is 11.8 Å². The van der Waals surface area contributed by atoms with E-state index < -0.39 is 0 Å². The minimum atomic E-state index is 0.00390. The fourth-order valence-electron chi connectivity index (χ4n) is 2.67. The van der Waals surface area contributed by atoms with Crippen LogP contribution in [0.4, 0.5) is 11.4 Å². The molecule has 1 aliphatic heterocycles. The first-order valence-corrected chi connectivity index (χ1v) is 9.44. The molecule has 1 aromatic rings. The molecule has 2 rings (SSSR count). The average molecular weight is 321 g/mol. The Labute approximate surface area is 138 Å². The van der Waals surface area contributed by atoms with E-state index in [-0.39, 0.29) is 11.2 Å². The first-order chi connectivity index (χ1) is 10.6. The van der Waals surface area contributed by atoms with Crippen molar-refractivity contribution >= 4 is 29.0 Å². The van der Waals surface area contributed by atoms with Crippen molar-refractivity contribution in [1.82, 2.24) is 0 Å². The first-order valence-electron chi connectivity index (χ1n) is 8.40. The van der Waals surface area contributed by atoms with E-state index in [1.807, 2.05) is 13.0 Å². The number of nitrogens with zero attached hydrogens (tertiary/aromatic N) is 1. The van der Waals surface area contributed by atoms with E-state index in [9.17, 15) is 4.79 Å². The smallest absolute Gasteiger partial charge is 0.237 e. The standard InChI is InChI=1S/C18H28N2OS/c1-4-5-12-22-15(3)18(21)19-17-9-8-16(13-14(17)2)20-10-6-7-11-20/h8-9,13,15H,4-7,10-12H2,1-3H3,(H,19,21). The second-order valence-electron chi connectivity index (χ2n) is 6.05. The molecule has 1 amide bonds. The summed E-state index contributed by atoms with van der Waals surface area (Å²) in [6.45, 7) is 8.54. The molecule has 1 aromatic carbocycles. The van der Waals surface area contributed by atoms with E-state index in [0.717, 1.165) is 30.1 Å². The highest BCUT2D eigenvalue weighted by atomic mass is 32.2. The number of aryl methyl sites for hydroxylation is 1. The van der Waals surface area contributed by atoms with Crippen LogP contribution in [-0.2, 0) is 4.79 Å². The first kappa shape index (κ1) is 17.2. The molecule has 0 bridgehead atoms. The molecule has 0 aromatic heterocycles. The molecule has 1 heterocycles. The molecule has 0 radical (unpaired) electrons. The summed E-state index contributed by atoms with van der Waals surface area (Å²) in [7, 11) is 0. The second kappa shape index (κ2) is 8.47. The Morgan fingerprint density at radius 1 is 1.36 bits per heavy atom. The van der Waals surface area contributed by atoms with Crippen LogP contribution in [0, 0.1) is 6.92 Å². The van der Waals surface area contributed by atoms with Crippen LogP contribution in [0.15, 0.2) is 18.2 Å². The Morgan fingerprint density at radius 3 is 2.73 bits per heavy atom. The van der Waals surface area contributed by atoms with Crippen molar-refractivity contribution in [3.63, 3.8) is 0 Å². The zero-order chi connectivity index (χ0) is 15.9. The van der Waals surface area contributed by atoms with Crippen LogP contribution in [-0.4, -0.2) is 30.0 Å². The molecular weight excluding hydrogens is 292 g/mol. The lowest BCUT2D eigenvalue weighted by molar-refractivity contribution is -0.115. The van der Waals surface area contributed by atoms with Gasteiger partial charge in [0.15, 0.2) is 0 Å². The van der Waals surface area contributed by atoms with Crippen molar-refractivity contribution in [2.24, 2.45) is 0 Å². The van der Waals surface area contributed by atoms with Crippen LogP contribution in [0.5, 0.6) is 0 Å². The highest BCUT2D eigenvalue weighted by molar-refractivity contribution is 8.00. The Hall–Kier alpha value is -1.16. The van der Waals surface area contributed by atoms with Gasteiger partial charge in [-0.05, 0) is 62.6 Å². The SMILES string of the molecule is CCCCSC(C)C(=O)Nc1ccc(N2CCCC2)cc1C. The fraction of sp³-hybridized carbons (Fsp3) is 0.611. The van der Waals surface area contributed by atoms with E-state index in [1.54, 1.807) is 11.8 Å². The van der Waals surface area contributed by atoms with Crippen molar-refractivity contribution in [1.29, 1.82) is 0 Å². The van der Waals surface area contributed by atoms with Crippen LogP contribution in [0.25, 0.3) is 0 Å². The highest BCUT2D eigenvalue weighted by Gasteiger charge is 2.16. The van der Waals surface area contributed by atoms with Gasteiger partial charge in [0.05, 0.1) is 5.25 Å². The number of carbonyl (C=O) groups is 1. The molecule has 0 saturated carbocycles. The second-order valence-corrected chi connectivity index (χ2v) is 7.50. The summed E-state index contributed by atoms with van der Waals surface area (Å²) in [4.78, 5) is 14.7. The van der Waals surface area contributed by atoms with Crippen LogP contribution in [0.3, 0.4) is 0 Å². The number of hydrogen-bond donors (Lipinski definition) is 1. The largest absolute Gasteiger partial charge is 0.372 e. The average Bonchev–Trinajstić information content (AvgIpc) is 3.03. The number of anilines is 2. The Bertz CT molecular complexity index is 498. The molecular formula is C18H28N2OS. The van der Waals surface area contributed by atoms with Gasteiger partial charge in [0, 0.05) is 24.5 Å². The van der Waals surface area contributed by atoms with Gasteiger partial charge in [0.1, 0.15) is 0 Å². The molecule has 1 saturated heterocycles. The Kier molecular flexibility index (Phi) is 6.62. The minimum Gasteiger partial charge on any atom is -0.372 e. The molecule has 0 spiro atoms. The zero-order valence-corrected chi connectivity index (χ0v) is 14.8. The summed E-state index contributed by atoms with van der Waals surface area (Å²) in [6.07, 6.45) is 4.92. The monoisotopic (exact) mass is 320 g/mol. The molecule has 1 aliphatic rings. The predicted molar refractivity (Wildman–Crippen MR) is 98.1 cm³/mol. The number of thioether (sulfide) groups is 1. The molecule has 0 aliphatic carbocycles. The van der Waals surface area contributed by atoms with Crippen molar-refractivity contribution in [3.05, 3.63) is 23.8 Å². The highest BCUT2D eigenvalue weighted by Crippen LogP contribution is 2.26. The van der Waals surface area contributed by atoms with Gasteiger partial charge in [-0.1, -0.05) is 13.3 Å². The topological polar surface area (TPSA) is 32.3 Å². The maximum atomic E-state index is 12.3. The van der Waals surface area contributed by atoms with Crippen molar-refractivity contribution < 1.29 is 4.79 Å². The Morgan fingerprint density at radius 2 is 2.09 bits per heavy atom. The van der Waals surface area contributed by atoms with Crippen LogP contribution in [0.2, 0.25) is 0 Å². The quantitative estimate of drug-likeness (QED) is 0.753. The number of carbonyl (C=O) groups excluding carboxylic acids is 1. The number of unbranched alkanes of at least 4 members (excludes halogenated alkanes) is 1. The van der Waals surface area contributed by atoms with Gasteiger partial charge in [0.2, 0.25) is 5.91 Å². The van der Waals surface area contributed by atoms with Crippen LogP contribution in [0.1, 0.15) is 45.1 Å². The lowest BCUT2D eigenvalue weighted by Gasteiger charge is -2.20. The number of hydrogen-bond acceptors (Lipinski definition) is 3. The molecule has 4 heteroatoms. The summed E-state index contributed by atoms with van der Waals surface area (Å²) in [5, 5.41) is 3.08. The third-order valence-corrected chi connectivity index (χ3v) is 5.41. The predicted octanol–water partition coefficient (Wildman–Crippen LogP) is 4.46. The van der Waals surface area contributed by atoms with Crippen molar-refractivity contribution in [2.45, 2.75) is 51.7 Å². The normalized spacial score (nSPS) is 15.9. The van der Waals surface area contributed by atoms with Gasteiger partial charge in [-0.25, -0.2) is 0 Å². The maximum Gasteiger partial charge on any atom is 0.237 e. The molecule has 1 atom stereocenters. The van der Waals surface area contributed by atoms with Gasteiger partial charge in [-0.15, -0.1) is 11.8 Å². The van der Waals surface area contributed by atoms with Gasteiger partial charge in [0.25, 0.3) is 0 Å². The molecule has 22 heavy (non-hydrogen) atoms. The van der Waals surface area contributed by atoms with Crippen molar-refractivity contribution in [3.8, 4) is 0 Å². The minimum absolute atomic E-state index is 0.00390. The molecule has 1 unspecified atom stereocenters. The lowest BCUT2D eigenvalue weighted by Crippen LogP contribution is -2.23. The number of amides is 1. The van der Waals surface area contributed by atoms with E-state index in [0.29, 0.717) is 0 Å². The van der Waals surface area contributed by atoms with Gasteiger partial charge in [-0.2, -0.15) is 0 Å². The third kappa shape index (κ3) is 4.67. The van der Waals surface area contributed by atoms with E-state index in [2.05, 4.69) is 36.2 Å². The van der Waals surface area contributed by atoms with Crippen molar-refractivity contribution in [2.75, 3.05) is 29.1 Å². The molecule has 1 N–H and O–H groups in total. The third-order valence-electron chi connectivity index (χ3n) is 4.17. The summed E-state index contributed by atoms with van der Waals surface area (Å²) in [6, 6.07) is 6.36. The number of nitrogens with one attached hydrogen (secondary N) is 1. The summed E-state index contributed by atoms with van der Waals surface area (Å²) < 4.78 is 0. The van der Waals surface area contributed by atoms with Crippen LogP contribution < -0.4 is 10.2 Å². The van der Waals surface area contributed by atoms with Gasteiger partial charge >= 0.3 is 0 Å². The number of rotatable bonds is 7. The lowest BCUT2D eigenvalue weighted by atomic mass is 10.1. The maximum absolute atomic E-state index is 12.3. The summed E-state index contributed by atoms with van der Waals surface area (Å²) in [5.41, 5.74) is 3.36. The summed E-state index contributed by atoms with van der Waals surface area (Å²) in [5.74, 6) is 1.16. The van der Waals surface area contributed by atoms with Gasteiger partial charge in [-0.3, -0.25) is 4.79 Å². The molecule has 122 valence electrons. The fourth-order valence-corrected chi connectivity index (χ4v) is 3.69. The number of benzene rings is 1. The Balaban J connectivity index is 1.93. The summed E-state index contributed by atoms with van der Waals surface area (Å²) >= 11 is 1.74. The van der Waals surface area contributed by atoms with Gasteiger partial charge < -0.3 is 10.2 Å². The van der Waals surface area contributed by atoms with E-state index in [1.165, 1.54) is 31.4 Å². The zero-order valence-electron chi connectivity index (χ0n) is 14.0.